The molecule has 0 aromatic heterocycles. The topological polar surface area (TPSA) is 98.0 Å². The highest BCUT2D eigenvalue weighted by Crippen LogP contribution is 2.02. The maximum absolute atomic E-state index is 10.2. The molecule has 0 bridgehead atoms. The molecule has 0 saturated heterocycles. The first-order valence-corrected chi connectivity index (χ1v) is 5.76. The van der Waals surface area contributed by atoms with Crippen LogP contribution >= 0.6 is 0 Å². The Bertz CT molecular complexity index is 308. The number of aromatic carboxylic acids is 1. The fourth-order valence-corrected chi connectivity index (χ4v) is 1.20. The van der Waals surface area contributed by atoms with E-state index in [1.807, 2.05) is 0 Å². The molecule has 0 aliphatic rings. The van der Waals surface area contributed by atoms with E-state index < -0.39 is 5.97 Å². The average Bonchev–Trinajstić information content (AvgIpc) is 2.42. The molecule has 0 atom stereocenters. The maximum Gasteiger partial charge on any atom is 0.335 e. The van der Waals surface area contributed by atoms with Crippen molar-refractivity contribution in [3.8, 4) is 0 Å². The molecule has 0 amide bonds. The van der Waals surface area contributed by atoms with Gasteiger partial charge in [-0.2, -0.15) is 0 Å². The molecule has 1 rings (SSSR count). The second kappa shape index (κ2) is 10.7. The van der Waals surface area contributed by atoms with E-state index in [0.29, 0.717) is 18.4 Å². The Morgan fingerprint density at radius 1 is 1.06 bits per heavy atom. The molecule has 4 N–H and O–H groups in total. The SMILES string of the molecule is O=C(O)c1ccccc1.OCCCC(CO)CO. The number of hydrogen-bond acceptors (Lipinski definition) is 4. The highest BCUT2D eigenvalue weighted by atomic mass is 16.4. The van der Waals surface area contributed by atoms with E-state index in [4.69, 9.17) is 20.4 Å². The Balaban J connectivity index is 0.000000321. The molecule has 1 aromatic rings. The summed E-state index contributed by atoms with van der Waals surface area (Å²) in [7, 11) is 0. The molecule has 0 aliphatic carbocycles. The van der Waals surface area contributed by atoms with E-state index in [-0.39, 0.29) is 25.7 Å². The lowest BCUT2D eigenvalue weighted by molar-refractivity contribution is 0.0697. The summed E-state index contributed by atoms with van der Waals surface area (Å²) >= 11 is 0. The Kier molecular flexibility index (Phi) is 9.86. The average molecular weight is 256 g/mol. The van der Waals surface area contributed by atoms with E-state index in [1.54, 1.807) is 30.3 Å². The highest BCUT2D eigenvalue weighted by molar-refractivity contribution is 5.87. The third kappa shape index (κ3) is 7.78. The standard InChI is InChI=1S/C7H6O2.C6H14O3/c8-7(9)6-4-2-1-3-5-6;7-3-1-2-6(4-8)5-9/h1-5H,(H,8,9);6-9H,1-5H2. The molecular formula is C13H20O5. The van der Waals surface area contributed by atoms with Crippen molar-refractivity contribution in [1.82, 2.24) is 0 Å². The molecule has 102 valence electrons. The van der Waals surface area contributed by atoms with E-state index in [2.05, 4.69) is 0 Å². The largest absolute Gasteiger partial charge is 0.478 e. The van der Waals surface area contributed by atoms with Gasteiger partial charge in [0.2, 0.25) is 0 Å². The van der Waals surface area contributed by atoms with E-state index >= 15 is 0 Å². The number of benzene rings is 1. The van der Waals surface area contributed by atoms with Crippen LogP contribution in [0.5, 0.6) is 0 Å². The highest BCUT2D eigenvalue weighted by Gasteiger charge is 2.03. The van der Waals surface area contributed by atoms with Crippen molar-refractivity contribution in [3.63, 3.8) is 0 Å². The molecule has 0 aliphatic heterocycles. The van der Waals surface area contributed by atoms with Crippen LogP contribution in [0.4, 0.5) is 0 Å². The number of carboxylic acids is 1. The molecule has 1 aromatic carbocycles. The lowest BCUT2D eigenvalue weighted by Crippen LogP contribution is -2.11. The van der Waals surface area contributed by atoms with Crippen molar-refractivity contribution in [1.29, 1.82) is 0 Å². The summed E-state index contributed by atoms with van der Waals surface area (Å²) in [6, 6.07) is 8.30. The predicted octanol–water partition coefficient (Wildman–Crippen LogP) is 0.744. The summed E-state index contributed by atoms with van der Waals surface area (Å²) in [5, 5.41) is 33.7. The molecule has 0 saturated carbocycles. The first-order valence-electron chi connectivity index (χ1n) is 5.76. The van der Waals surface area contributed by atoms with Gasteiger partial charge < -0.3 is 20.4 Å². The minimum atomic E-state index is -0.879. The van der Waals surface area contributed by atoms with Gasteiger partial charge in [-0.1, -0.05) is 18.2 Å². The molecule has 0 heterocycles. The molecule has 18 heavy (non-hydrogen) atoms. The molecule has 5 heteroatoms. The smallest absolute Gasteiger partial charge is 0.335 e. The minimum absolute atomic E-state index is 0.0104. The number of hydrogen-bond donors (Lipinski definition) is 4. The lowest BCUT2D eigenvalue weighted by Gasteiger charge is -2.07. The van der Waals surface area contributed by atoms with Gasteiger partial charge in [-0.25, -0.2) is 4.79 Å². The van der Waals surface area contributed by atoms with Crippen molar-refractivity contribution in [3.05, 3.63) is 35.9 Å². The Morgan fingerprint density at radius 2 is 1.61 bits per heavy atom. The van der Waals surface area contributed by atoms with Crippen LogP contribution in [-0.2, 0) is 0 Å². The van der Waals surface area contributed by atoms with Gasteiger partial charge >= 0.3 is 5.97 Å². The second-order valence-electron chi connectivity index (χ2n) is 3.77. The number of carboxylic acid groups (broad SMARTS) is 1. The molecule has 0 spiro atoms. The normalized spacial score (nSPS) is 9.78. The number of rotatable bonds is 6. The Morgan fingerprint density at radius 3 is 1.94 bits per heavy atom. The van der Waals surface area contributed by atoms with Crippen molar-refractivity contribution in [2.45, 2.75) is 12.8 Å². The zero-order valence-corrected chi connectivity index (χ0v) is 10.2. The van der Waals surface area contributed by atoms with Crippen LogP contribution in [0.1, 0.15) is 23.2 Å². The van der Waals surface area contributed by atoms with Gasteiger partial charge in [0.1, 0.15) is 0 Å². The summed E-state index contributed by atoms with van der Waals surface area (Å²) in [6.45, 7) is 0.156. The van der Waals surface area contributed by atoms with Crippen LogP contribution in [0.3, 0.4) is 0 Å². The molecular weight excluding hydrogens is 236 g/mol. The first-order chi connectivity index (χ1) is 8.65. The number of carbonyl (C=O) groups is 1. The summed E-state index contributed by atoms with van der Waals surface area (Å²) in [4.78, 5) is 10.2. The minimum Gasteiger partial charge on any atom is -0.478 e. The molecule has 0 fully saturated rings. The Labute approximate surface area is 106 Å². The van der Waals surface area contributed by atoms with Crippen LogP contribution in [0.2, 0.25) is 0 Å². The van der Waals surface area contributed by atoms with E-state index in [9.17, 15) is 4.79 Å². The van der Waals surface area contributed by atoms with Gasteiger partial charge in [0.15, 0.2) is 0 Å². The van der Waals surface area contributed by atoms with Crippen LogP contribution in [0.15, 0.2) is 30.3 Å². The fourth-order valence-electron chi connectivity index (χ4n) is 1.20. The van der Waals surface area contributed by atoms with Gasteiger partial charge in [-0.15, -0.1) is 0 Å². The number of aliphatic hydroxyl groups excluding tert-OH is 3. The van der Waals surface area contributed by atoms with Gasteiger partial charge in [-0.3, -0.25) is 0 Å². The Hall–Kier alpha value is -1.43. The van der Waals surface area contributed by atoms with Crippen molar-refractivity contribution in [2.75, 3.05) is 19.8 Å². The van der Waals surface area contributed by atoms with Gasteiger partial charge in [0.05, 0.1) is 5.56 Å². The summed E-state index contributed by atoms with van der Waals surface area (Å²) in [6.07, 6.45) is 1.36. The molecule has 0 radical (unpaired) electrons. The van der Waals surface area contributed by atoms with Gasteiger partial charge in [0.25, 0.3) is 0 Å². The van der Waals surface area contributed by atoms with Crippen LogP contribution < -0.4 is 0 Å². The van der Waals surface area contributed by atoms with Crippen LogP contribution in [0, 0.1) is 5.92 Å². The summed E-state index contributed by atoms with van der Waals surface area (Å²) in [5.41, 5.74) is 0.331. The third-order valence-corrected chi connectivity index (χ3v) is 2.31. The van der Waals surface area contributed by atoms with Crippen molar-refractivity contribution < 1.29 is 25.2 Å². The zero-order chi connectivity index (χ0) is 13.8. The van der Waals surface area contributed by atoms with E-state index in [1.165, 1.54) is 0 Å². The van der Waals surface area contributed by atoms with Gasteiger partial charge in [-0.05, 0) is 25.0 Å². The first kappa shape index (κ1) is 16.6. The fraction of sp³-hybridized carbons (Fsp3) is 0.462. The maximum atomic E-state index is 10.2. The molecule has 5 nitrogen and oxygen atoms in total. The van der Waals surface area contributed by atoms with E-state index in [0.717, 1.165) is 0 Å². The summed E-state index contributed by atoms with van der Waals surface area (Å²) < 4.78 is 0. The van der Waals surface area contributed by atoms with Crippen LogP contribution in [-0.4, -0.2) is 46.2 Å². The quantitative estimate of drug-likeness (QED) is 0.602. The van der Waals surface area contributed by atoms with Gasteiger partial charge in [0, 0.05) is 25.7 Å². The van der Waals surface area contributed by atoms with Crippen molar-refractivity contribution in [2.24, 2.45) is 5.92 Å². The van der Waals surface area contributed by atoms with Crippen molar-refractivity contribution >= 4 is 5.97 Å². The predicted molar refractivity (Wildman–Crippen MR) is 67.4 cm³/mol. The zero-order valence-electron chi connectivity index (χ0n) is 10.2. The molecule has 0 unspecified atom stereocenters. The monoisotopic (exact) mass is 256 g/mol. The second-order valence-corrected chi connectivity index (χ2v) is 3.77. The summed E-state index contributed by atoms with van der Waals surface area (Å²) in [5.74, 6) is -0.923. The third-order valence-electron chi connectivity index (χ3n) is 2.31. The number of aliphatic hydroxyl groups is 3. The van der Waals surface area contributed by atoms with Crippen LogP contribution in [0.25, 0.3) is 0 Å². The lowest BCUT2D eigenvalue weighted by atomic mass is 10.1.